The molecule has 3 unspecified atom stereocenters. The fourth-order valence-electron chi connectivity index (χ4n) is 4.07. The molecule has 2 heteroatoms. The number of hydrogen-bond acceptors (Lipinski definition) is 2. The molecular formula is C24H32O2. The normalized spacial score (nSPS) is 17.8. The molecule has 3 atom stereocenters. The van der Waals surface area contributed by atoms with Crippen LogP contribution in [0, 0.1) is 12.8 Å². The highest BCUT2D eigenvalue weighted by Crippen LogP contribution is 2.49. The van der Waals surface area contributed by atoms with Crippen molar-refractivity contribution in [3.8, 4) is 17.2 Å². The van der Waals surface area contributed by atoms with Gasteiger partial charge in [0.1, 0.15) is 17.2 Å². The molecule has 1 N–H and O–H groups in total. The van der Waals surface area contributed by atoms with Gasteiger partial charge in [0.05, 0.1) is 0 Å². The van der Waals surface area contributed by atoms with E-state index in [0.717, 1.165) is 22.6 Å². The zero-order chi connectivity index (χ0) is 18.8. The molecule has 0 saturated heterocycles. The van der Waals surface area contributed by atoms with Crippen molar-refractivity contribution in [2.24, 2.45) is 5.92 Å². The van der Waals surface area contributed by atoms with E-state index in [1.165, 1.54) is 36.8 Å². The van der Waals surface area contributed by atoms with E-state index < -0.39 is 0 Å². The summed E-state index contributed by atoms with van der Waals surface area (Å²) in [4.78, 5) is 0. The largest absolute Gasteiger partial charge is 0.507 e. The third-order valence-electron chi connectivity index (χ3n) is 6.07. The molecule has 0 fully saturated rings. The maximum atomic E-state index is 10.8. The monoisotopic (exact) mass is 352 g/mol. The minimum Gasteiger partial charge on any atom is -0.507 e. The second-order valence-corrected chi connectivity index (χ2v) is 8.08. The van der Waals surface area contributed by atoms with Crippen LogP contribution in [0.4, 0.5) is 0 Å². The SMILES string of the molecule is CCCCCC(C)C(C)c1cc(O)c2c(c1)Oc1cc(C)ccc1C2C. The molecule has 0 amide bonds. The van der Waals surface area contributed by atoms with E-state index >= 15 is 0 Å². The van der Waals surface area contributed by atoms with Gasteiger partial charge in [0, 0.05) is 17.0 Å². The van der Waals surface area contributed by atoms with Crippen molar-refractivity contribution in [3.63, 3.8) is 0 Å². The minimum absolute atomic E-state index is 0.140. The summed E-state index contributed by atoms with van der Waals surface area (Å²) in [6, 6.07) is 10.4. The summed E-state index contributed by atoms with van der Waals surface area (Å²) in [5.41, 5.74) is 4.43. The molecule has 0 radical (unpaired) electrons. The zero-order valence-electron chi connectivity index (χ0n) is 16.8. The fourth-order valence-corrected chi connectivity index (χ4v) is 4.07. The maximum Gasteiger partial charge on any atom is 0.135 e. The Morgan fingerprint density at radius 2 is 1.85 bits per heavy atom. The zero-order valence-corrected chi connectivity index (χ0v) is 16.8. The molecule has 2 aromatic carbocycles. The number of aryl methyl sites for hydroxylation is 1. The van der Waals surface area contributed by atoms with Crippen LogP contribution in [0.3, 0.4) is 0 Å². The van der Waals surface area contributed by atoms with Crippen LogP contribution in [-0.4, -0.2) is 5.11 Å². The average molecular weight is 353 g/mol. The van der Waals surface area contributed by atoms with E-state index in [9.17, 15) is 5.11 Å². The van der Waals surface area contributed by atoms with Crippen LogP contribution in [0.15, 0.2) is 30.3 Å². The lowest BCUT2D eigenvalue weighted by Gasteiger charge is -2.29. The Morgan fingerprint density at radius 1 is 1.08 bits per heavy atom. The molecule has 1 aliphatic heterocycles. The quantitative estimate of drug-likeness (QED) is 0.554. The predicted molar refractivity (Wildman–Crippen MR) is 109 cm³/mol. The number of phenolic OH excluding ortho intramolecular Hbond substituents is 1. The third kappa shape index (κ3) is 3.60. The van der Waals surface area contributed by atoms with E-state index in [0.29, 0.717) is 17.6 Å². The summed E-state index contributed by atoms with van der Waals surface area (Å²) < 4.78 is 6.22. The topological polar surface area (TPSA) is 29.5 Å². The summed E-state index contributed by atoms with van der Waals surface area (Å²) in [6.45, 7) is 11.1. The van der Waals surface area contributed by atoms with Crippen LogP contribution in [0.25, 0.3) is 0 Å². The van der Waals surface area contributed by atoms with Gasteiger partial charge in [-0.1, -0.05) is 65.5 Å². The molecule has 0 aromatic heterocycles. The van der Waals surface area contributed by atoms with Crippen LogP contribution in [-0.2, 0) is 0 Å². The Balaban J connectivity index is 1.89. The minimum atomic E-state index is 0.140. The number of aromatic hydroxyl groups is 1. The van der Waals surface area contributed by atoms with Crippen molar-refractivity contribution in [1.82, 2.24) is 0 Å². The number of rotatable bonds is 6. The molecule has 1 heterocycles. The molecule has 0 bridgehead atoms. The first-order chi connectivity index (χ1) is 12.4. The van der Waals surface area contributed by atoms with Crippen molar-refractivity contribution >= 4 is 0 Å². The molecule has 0 aliphatic carbocycles. The number of ether oxygens (including phenoxy) is 1. The molecule has 0 saturated carbocycles. The fraction of sp³-hybridized carbons (Fsp3) is 0.500. The second-order valence-electron chi connectivity index (χ2n) is 8.08. The van der Waals surface area contributed by atoms with Gasteiger partial charge in [0.2, 0.25) is 0 Å². The molecule has 26 heavy (non-hydrogen) atoms. The summed E-state index contributed by atoms with van der Waals surface area (Å²) in [7, 11) is 0. The number of unbranched alkanes of at least 4 members (excludes halogenated alkanes) is 2. The average Bonchev–Trinajstić information content (AvgIpc) is 2.60. The second kappa shape index (κ2) is 7.73. The van der Waals surface area contributed by atoms with Gasteiger partial charge in [0.25, 0.3) is 0 Å². The van der Waals surface area contributed by atoms with Crippen molar-refractivity contribution < 1.29 is 9.84 Å². The van der Waals surface area contributed by atoms with Crippen LogP contribution in [0.1, 0.15) is 87.5 Å². The van der Waals surface area contributed by atoms with E-state index in [2.05, 4.69) is 58.9 Å². The van der Waals surface area contributed by atoms with Gasteiger partial charge in [-0.25, -0.2) is 0 Å². The van der Waals surface area contributed by atoms with Gasteiger partial charge in [-0.05, 0) is 48.1 Å². The van der Waals surface area contributed by atoms with E-state index in [4.69, 9.17) is 4.74 Å². The predicted octanol–water partition coefficient (Wildman–Crippen LogP) is 7.28. The first-order valence-corrected chi connectivity index (χ1v) is 10.1. The molecule has 140 valence electrons. The Kier molecular flexibility index (Phi) is 5.60. The number of hydrogen-bond donors (Lipinski definition) is 1. The van der Waals surface area contributed by atoms with Gasteiger partial charge in [-0.3, -0.25) is 0 Å². The first kappa shape index (κ1) is 18.8. The lowest BCUT2D eigenvalue weighted by molar-refractivity contribution is 0.408. The Bertz CT molecular complexity index is 778. The van der Waals surface area contributed by atoms with Crippen molar-refractivity contribution in [2.45, 2.75) is 72.1 Å². The van der Waals surface area contributed by atoms with Gasteiger partial charge in [0.15, 0.2) is 0 Å². The molecule has 3 rings (SSSR count). The van der Waals surface area contributed by atoms with Gasteiger partial charge < -0.3 is 9.84 Å². The highest BCUT2D eigenvalue weighted by atomic mass is 16.5. The van der Waals surface area contributed by atoms with Crippen LogP contribution in [0.2, 0.25) is 0 Å². The lowest BCUT2D eigenvalue weighted by atomic mass is 9.82. The highest BCUT2D eigenvalue weighted by Gasteiger charge is 2.28. The smallest absolute Gasteiger partial charge is 0.135 e. The molecular weight excluding hydrogens is 320 g/mol. The Labute approximate surface area is 158 Å². The van der Waals surface area contributed by atoms with Crippen LogP contribution in [0.5, 0.6) is 17.2 Å². The van der Waals surface area contributed by atoms with E-state index in [1.54, 1.807) is 0 Å². The lowest BCUT2D eigenvalue weighted by Crippen LogP contribution is -2.11. The Hall–Kier alpha value is -1.96. The summed E-state index contributed by atoms with van der Waals surface area (Å²) >= 11 is 0. The number of fused-ring (bicyclic) bond motifs is 2. The molecule has 2 aromatic rings. The molecule has 0 spiro atoms. The van der Waals surface area contributed by atoms with Crippen molar-refractivity contribution in [3.05, 3.63) is 52.6 Å². The number of phenols is 1. The van der Waals surface area contributed by atoms with Crippen molar-refractivity contribution in [1.29, 1.82) is 0 Å². The van der Waals surface area contributed by atoms with Crippen LogP contribution < -0.4 is 4.74 Å². The number of benzene rings is 2. The summed E-state index contributed by atoms with van der Waals surface area (Å²) in [5.74, 6) is 3.24. The van der Waals surface area contributed by atoms with E-state index in [-0.39, 0.29) is 5.92 Å². The molecule has 2 nitrogen and oxygen atoms in total. The molecule has 1 aliphatic rings. The maximum absolute atomic E-state index is 10.8. The third-order valence-corrected chi connectivity index (χ3v) is 6.07. The summed E-state index contributed by atoms with van der Waals surface area (Å²) in [5, 5.41) is 10.8. The summed E-state index contributed by atoms with van der Waals surface area (Å²) in [6.07, 6.45) is 5.06. The standard InChI is InChI=1S/C24H32O2/c1-6-7-8-9-16(3)17(4)19-13-21(25)24-18(5)20-11-10-15(2)12-22(20)26-23(24)14-19/h10-14,16-18,25H,6-9H2,1-5H3. The van der Waals surface area contributed by atoms with Crippen molar-refractivity contribution in [2.75, 3.05) is 0 Å². The van der Waals surface area contributed by atoms with Gasteiger partial charge >= 0.3 is 0 Å². The van der Waals surface area contributed by atoms with Gasteiger partial charge in [-0.15, -0.1) is 0 Å². The van der Waals surface area contributed by atoms with E-state index in [1.807, 2.05) is 6.07 Å². The van der Waals surface area contributed by atoms with Gasteiger partial charge in [-0.2, -0.15) is 0 Å². The highest BCUT2D eigenvalue weighted by molar-refractivity contribution is 5.60. The van der Waals surface area contributed by atoms with Crippen LogP contribution >= 0.6 is 0 Å². The first-order valence-electron chi connectivity index (χ1n) is 10.1. The Morgan fingerprint density at radius 3 is 2.58 bits per heavy atom.